The zero-order valence-electron chi connectivity index (χ0n) is 12.7. The van der Waals surface area contributed by atoms with Gasteiger partial charge in [0.15, 0.2) is 5.16 Å². The lowest BCUT2D eigenvalue weighted by Gasteiger charge is -2.06. The third-order valence-corrected chi connectivity index (χ3v) is 4.71. The number of para-hydroxylation sites is 2. The molecule has 2 aromatic carbocycles. The van der Waals surface area contributed by atoms with Crippen molar-refractivity contribution in [2.75, 3.05) is 11.1 Å². The van der Waals surface area contributed by atoms with Crippen LogP contribution in [0.1, 0.15) is 0 Å². The van der Waals surface area contributed by atoms with Crippen LogP contribution in [-0.2, 0) is 4.79 Å². The summed E-state index contributed by atoms with van der Waals surface area (Å²) in [4.78, 5) is 16.5. The Morgan fingerprint density at radius 3 is 3.00 bits per heavy atom. The van der Waals surface area contributed by atoms with Crippen molar-refractivity contribution < 1.29 is 9.18 Å². The summed E-state index contributed by atoms with van der Waals surface area (Å²) < 4.78 is 15.6. The first-order valence-electron chi connectivity index (χ1n) is 7.31. The quantitative estimate of drug-likeness (QED) is 0.533. The fourth-order valence-corrected chi connectivity index (χ4v) is 3.36. The smallest absolute Gasteiger partial charge is 0.234 e. The van der Waals surface area contributed by atoms with Gasteiger partial charge < -0.3 is 5.32 Å². The normalized spacial score (nSPS) is 11.3. The van der Waals surface area contributed by atoms with Gasteiger partial charge in [0.25, 0.3) is 0 Å². The third-order valence-electron chi connectivity index (χ3n) is 3.54. The molecule has 2 aromatic heterocycles. The number of imidazole rings is 1. The highest BCUT2D eigenvalue weighted by atomic mass is 35.5. The number of fused-ring (bicyclic) bond motifs is 3. The Balaban J connectivity index is 1.51. The molecule has 4 aromatic rings. The number of anilines is 1. The number of rotatable bonds is 4. The van der Waals surface area contributed by atoms with E-state index in [4.69, 9.17) is 11.6 Å². The van der Waals surface area contributed by atoms with Gasteiger partial charge in [-0.05, 0) is 30.3 Å². The monoisotopic (exact) mass is 375 g/mol. The van der Waals surface area contributed by atoms with Gasteiger partial charge in [-0.15, -0.1) is 5.10 Å². The van der Waals surface area contributed by atoms with E-state index < -0.39 is 5.82 Å². The van der Waals surface area contributed by atoms with Crippen molar-refractivity contribution in [1.29, 1.82) is 0 Å². The lowest BCUT2D eigenvalue weighted by molar-refractivity contribution is -0.113. The van der Waals surface area contributed by atoms with Crippen molar-refractivity contribution in [2.24, 2.45) is 0 Å². The fraction of sp³-hybridized carbons (Fsp3) is 0.0625. The van der Waals surface area contributed by atoms with Gasteiger partial charge in [-0.3, -0.25) is 9.20 Å². The predicted octanol–water partition coefficient (Wildman–Crippen LogP) is 3.73. The largest absolute Gasteiger partial charge is 0.323 e. The molecule has 0 aliphatic rings. The highest BCUT2D eigenvalue weighted by Gasteiger charge is 2.14. The van der Waals surface area contributed by atoms with Crippen LogP contribution in [0.15, 0.2) is 47.6 Å². The van der Waals surface area contributed by atoms with Crippen LogP contribution in [0.2, 0.25) is 5.02 Å². The number of H-pyrrole nitrogens is 1. The zero-order chi connectivity index (χ0) is 17.4. The number of carbonyl (C=O) groups is 1. The molecule has 0 unspecified atom stereocenters. The number of halogens is 2. The molecule has 2 heterocycles. The molecule has 0 fully saturated rings. The molecule has 4 rings (SSSR count). The van der Waals surface area contributed by atoms with Gasteiger partial charge in [-0.1, -0.05) is 35.5 Å². The zero-order valence-corrected chi connectivity index (χ0v) is 14.2. The van der Waals surface area contributed by atoms with E-state index in [1.807, 2.05) is 28.7 Å². The van der Waals surface area contributed by atoms with E-state index in [1.165, 1.54) is 23.9 Å². The number of aromatic amines is 1. The Kier molecular flexibility index (Phi) is 4.06. The van der Waals surface area contributed by atoms with Gasteiger partial charge in [0.1, 0.15) is 5.82 Å². The van der Waals surface area contributed by atoms with Crippen LogP contribution in [-0.4, -0.2) is 31.2 Å². The van der Waals surface area contributed by atoms with Crippen molar-refractivity contribution in [3.63, 3.8) is 0 Å². The highest BCUT2D eigenvalue weighted by Crippen LogP contribution is 2.23. The molecule has 1 amide bonds. The second-order valence-corrected chi connectivity index (χ2v) is 6.61. The standard InChI is InChI=1S/C16H11ClFN5OS/c17-9-5-6-11(10(18)7-9)19-14(24)8-25-16-22-21-15-20-12-3-1-2-4-13(12)23(15)16/h1-7H,8H2,(H,19,24)(H,20,21). The molecule has 0 bridgehead atoms. The van der Waals surface area contributed by atoms with Crippen molar-refractivity contribution in [3.8, 4) is 0 Å². The van der Waals surface area contributed by atoms with Crippen LogP contribution in [0.3, 0.4) is 0 Å². The van der Waals surface area contributed by atoms with E-state index in [2.05, 4.69) is 20.5 Å². The molecule has 0 atom stereocenters. The molecule has 0 radical (unpaired) electrons. The minimum absolute atomic E-state index is 0.0779. The second kappa shape index (κ2) is 6.38. The minimum Gasteiger partial charge on any atom is -0.323 e. The average molecular weight is 376 g/mol. The molecule has 0 saturated heterocycles. The van der Waals surface area contributed by atoms with Gasteiger partial charge in [0, 0.05) is 5.02 Å². The van der Waals surface area contributed by atoms with Gasteiger partial charge >= 0.3 is 0 Å². The fourth-order valence-electron chi connectivity index (χ4n) is 2.45. The van der Waals surface area contributed by atoms with E-state index in [1.54, 1.807) is 0 Å². The molecule has 25 heavy (non-hydrogen) atoms. The molecule has 2 N–H and O–H groups in total. The number of hydrogen-bond donors (Lipinski definition) is 2. The van der Waals surface area contributed by atoms with Gasteiger partial charge in [-0.25, -0.2) is 14.5 Å². The molecule has 126 valence electrons. The van der Waals surface area contributed by atoms with Crippen LogP contribution < -0.4 is 5.32 Å². The number of nitrogens with zero attached hydrogens (tertiary/aromatic N) is 3. The first-order chi connectivity index (χ1) is 12.1. The topological polar surface area (TPSA) is 75.1 Å². The van der Waals surface area contributed by atoms with E-state index in [-0.39, 0.29) is 22.4 Å². The maximum atomic E-state index is 13.7. The average Bonchev–Trinajstić information content (AvgIpc) is 3.15. The highest BCUT2D eigenvalue weighted by molar-refractivity contribution is 7.99. The summed E-state index contributed by atoms with van der Waals surface area (Å²) in [6.07, 6.45) is 0. The predicted molar refractivity (Wildman–Crippen MR) is 95.6 cm³/mol. The van der Waals surface area contributed by atoms with Crippen LogP contribution in [0.25, 0.3) is 16.8 Å². The lowest BCUT2D eigenvalue weighted by Crippen LogP contribution is -2.15. The van der Waals surface area contributed by atoms with Crippen molar-refractivity contribution in [3.05, 3.63) is 53.3 Å². The summed E-state index contributed by atoms with van der Waals surface area (Å²) in [5, 5.41) is 10.4. The number of carbonyl (C=O) groups excluding carboxylic acids is 1. The maximum Gasteiger partial charge on any atom is 0.234 e. The van der Waals surface area contributed by atoms with Crippen LogP contribution in [0.4, 0.5) is 10.1 Å². The molecule has 0 spiro atoms. The molecule has 0 aliphatic heterocycles. The number of aromatic nitrogens is 4. The number of benzene rings is 2. The summed E-state index contributed by atoms with van der Waals surface area (Å²) in [5.74, 6) is -0.234. The molecular weight excluding hydrogens is 365 g/mol. The summed E-state index contributed by atoms with van der Waals surface area (Å²) in [5.41, 5.74) is 1.83. The molecule has 0 aliphatic carbocycles. The Labute approximate surface area is 150 Å². The molecular formula is C16H11ClFN5OS. The second-order valence-electron chi connectivity index (χ2n) is 5.23. The van der Waals surface area contributed by atoms with E-state index >= 15 is 0 Å². The van der Waals surface area contributed by atoms with Crippen LogP contribution in [0.5, 0.6) is 0 Å². The van der Waals surface area contributed by atoms with Crippen molar-refractivity contribution >= 4 is 51.8 Å². The van der Waals surface area contributed by atoms with Crippen molar-refractivity contribution in [2.45, 2.75) is 5.16 Å². The van der Waals surface area contributed by atoms with Gasteiger partial charge in [-0.2, -0.15) is 0 Å². The summed E-state index contributed by atoms with van der Waals surface area (Å²) in [6.45, 7) is 0. The Morgan fingerprint density at radius 1 is 1.32 bits per heavy atom. The van der Waals surface area contributed by atoms with Crippen molar-refractivity contribution in [1.82, 2.24) is 19.6 Å². The van der Waals surface area contributed by atoms with E-state index in [0.29, 0.717) is 10.9 Å². The van der Waals surface area contributed by atoms with Gasteiger partial charge in [0.05, 0.1) is 22.5 Å². The molecule has 0 saturated carbocycles. The number of nitrogens with one attached hydrogen (secondary N) is 2. The number of amides is 1. The Bertz CT molecular complexity index is 1090. The number of thioether (sulfide) groups is 1. The number of hydrogen-bond acceptors (Lipinski definition) is 4. The lowest BCUT2D eigenvalue weighted by atomic mass is 10.3. The summed E-state index contributed by atoms with van der Waals surface area (Å²) in [6, 6.07) is 11.7. The van der Waals surface area contributed by atoms with Crippen LogP contribution >= 0.6 is 23.4 Å². The van der Waals surface area contributed by atoms with E-state index in [0.717, 1.165) is 17.1 Å². The Morgan fingerprint density at radius 2 is 2.16 bits per heavy atom. The summed E-state index contributed by atoms with van der Waals surface area (Å²) >= 11 is 6.93. The first kappa shape index (κ1) is 15.9. The van der Waals surface area contributed by atoms with Gasteiger partial charge in [0.2, 0.25) is 11.7 Å². The minimum atomic E-state index is -0.575. The Hall–Kier alpha value is -2.58. The first-order valence-corrected chi connectivity index (χ1v) is 8.67. The maximum absolute atomic E-state index is 13.7. The van der Waals surface area contributed by atoms with Crippen LogP contribution in [0, 0.1) is 5.82 Å². The summed E-state index contributed by atoms with van der Waals surface area (Å²) in [7, 11) is 0. The molecule has 6 nitrogen and oxygen atoms in total. The third kappa shape index (κ3) is 3.06. The molecule has 9 heteroatoms. The SMILES string of the molecule is O=C(CSc1n[nH]c2nc3ccccc3n12)Nc1ccc(Cl)cc1F. The van der Waals surface area contributed by atoms with E-state index in [9.17, 15) is 9.18 Å².